The SMILES string of the molecule is CC(C(=O)Nc1sccc1C(N)=O)N1CCCC1c1ccc2c(c1)OCCCO2. The Morgan fingerprint density at radius 2 is 2.00 bits per heavy atom. The van der Waals surface area contributed by atoms with Crippen LogP contribution in [0.3, 0.4) is 0 Å². The van der Waals surface area contributed by atoms with E-state index in [2.05, 4.69) is 16.3 Å². The van der Waals surface area contributed by atoms with Crippen LogP contribution in [-0.2, 0) is 4.79 Å². The molecule has 2 amide bonds. The van der Waals surface area contributed by atoms with Crippen molar-refractivity contribution in [3.8, 4) is 11.5 Å². The molecule has 7 nitrogen and oxygen atoms in total. The van der Waals surface area contributed by atoms with Gasteiger partial charge in [0.1, 0.15) is 5.00 Å². The number of hydrogen-bond donors (Lipinski definition) is 2. The smallest absolute Gasteiger partial charge is 0.251 e. The molecule has 0 radical (unpaired) electrons. The van der Waals surface area contributed by atoms with Gasteiger partial charge in [0.2, 0.25) is 5.91 Å². The number of ether oxygens (including phenoxy) is 2. The van der Waals surface area contributed by atoms with Crippen LogP contribution < -0.4 is 20.5 Å². The number of carbonyl (C=O) groups excluding carboxylic acids is 2. The van der Waals surface area contributed by atoms with Gasteiger partial charge in [0.05, 0.1) is 24.8 Å². The second kappa shape index (κ2) is 8.42. The van der Waals surface area contributed by atoms with Crippen LogP contribution in [0.25, 0.3) is 0 Å². The number of nitrogens with two attached hydrogens (primary N) is 1. The first-order chi connectivity index (χ1) is 14.0. The lowest BCUT2D eigenvalue weighted by Crippen LogP contribution is -2.41. The molecule has 29 heavy (non-hydrogen) atoms. The first-order valence-electron chi connectivity index (χ1n) is 9.88. The second-order valence-electron chi connectivity index (χ2n) is 7.35. The van der Waals surface area contributed by atoms with Crippen LogP contribution in [0.15, 0.2) is 29.6 Å². The van der Waals surface area contributed by atoms with E-state index in [1.54, 1.807) is 11.4 Å². The number of rotatable bonds is 5. The van der Waals surface area contributed by atoms with E-state index in [-0.39, 0.29) is 18.0 Å². The minimum absolute atomic E-state index is 0.131. The van der Waals surface area contributed by atoms with Crippen molar-refractivity contribution in [3.05, 3.63) is 40.8 Å². The van der Waals surface area contributed by atoms with E-state index in [1.807, 2.05) is 19.1 Å². The summed E-state index contributed by atoms with van der Waals surface area (Å²) in [5.74, 6) is 0.864. The molecule has 4 rings (SSSR count). The Morgan fingerprint density at radius 1 is 1.21 bits per heavy atom. The van der Waals surface area contributed by atoms with Gasteiger partial charge < -0.3 is 20.5 Å². The number of carbonyl (C=O) groups is 2. The summed E-state index contributed by atoms with van der Waals surface area (Å²) in [6.45, 7) is 4.04. The summed E-state index contributed by atoms with van der Waals surface area (Å²) < 4.78 is 11.6. The maximum absolute atomic E-state index is 12.9. The molecular weight excluding hydrogens is 390 g/mol. The molecule has 2 aliphatic heterocycles. The molecule has 154 valence electrons. The van der Waals surface area contributed by atoms with E-state index in [4.69, 9.17) is 15.2 Å². The lowest BCUT2D eigenvalue weighted by atomic mass is 10.0. The Bertz CT molecular complexity index is 913. The van der Waals surface area contributed by atoms with Crippen LogP contribution in [0.2, 0.25) is 0 Å². The van der Waals surface area contributed by atoms with Crippen molar-refractivity contribution in [2.24, 2.45) is 5.73 Å². The molecule has 8 heteroatoms. The molecular formula is C21H25N3O4S. The number of primary amides is 1. The zero-order chi connectivity index (χ0) is 20.4. The van der Waals surface area contributed by atoms with Crippen molar-refractivity contribution in [1.29, 1.82) is 0 Å². The lowest BCUT2D eigenvalue weighted by molar-refractivity contribution is -0.121. The van der Waals surface area contributed by atoms with E-state index < -0.39 is 5.91 Å². The monoisotopic (exact) mass is 415 g/mol. The molecule has 3 heterocycles. The van der Waals surface area contributed by atoms with Crippen molar-refractivity contribution in [3.63, 3.8) is 0 Å². The molecule has 2 aromatic rings. The minimum Gasteiger partial charge on any atom is -0.490 e. The van der Waals surface area contributed by atoms with E-state index in [0.29, 0.717) is 23.8 Å². The average molecular weight is 416 g/mol. The maximum atomic E-state index is 12.9. The molecule has 0 aliphatic carbocycles. The van der Waals surface area contributed by atoms with Crippen LogP contribution in [0.4, 0.5) is 5.00 Å². The van der Waals surface area contributed by atoms with Crippen molar-refractivity contribution in [2.75, 3.05) is 25.1 Å². The van der Waals surface area contributed by atoms with Gasteiger partial charge >= 0.3 is 0 Å². The lowest BCUT2D eigenvalue weighted by Gasteiger charge is -2.30. The molecule has 0 bridgehead atoms. The van der Waals surface area contributed by atoms with Crippen molar-refractivity contribution in [2.45, 2.75) is 38.3 Å². The van der Waals surface area contributed by atoms with Crippen LogP contribution in [0.1, 0.15) is 48.1 Å². The molecule has 1 fully saturated rings. The van der Waals surface area contributed by atoms with Crippen LogP contribution in [-0.4, -0.2) is 42.5 Å². The Morgan fingerprint density at radius 3 is 2.79 bits per heavy atom. The topological polar surface area (TPSA) is 93.9 Å². The molecule has 2 aliphatic rings. The predicted octanol–water partition coefficient (Wildman–Crippen LogP) is 3.17. The van der Waals surface area contributed by atoms with Crippen LogP contribution in [0.5, 0.6) is 11.5 Å². The number of thiophene rings is 1. The highest BCUT2D eigenvalue weighted by Gasteiger charge is 2.34. The van der Waals surface area contributed by atoms with Gasteiger partial charge in [-0.25, -0.2) is 0 Å². The Labute approximate surface area is 173 Å². The molecule has 1 saturated heterocycles. The molecule has 1 aromatic carbocycles. The number of likely N-dealkylation sites (tertiary alicyclic amines) is 1. The Hall–Kier alpha value is -2.58. The Balaban J connectivity index is 1.50. The zero-order valence-electron chi connectivity index (χ0n) is 16.3. The summed E-state index contributed by atoms with van der Waals surface area (Å²) in [5.41, 5.74) is 6.85. The summed E-state index contributed by atoms with van der Waals surface area (Å²) >= 11 is 1.30. The van der Waals surface area contributed by atoms with E-state index in [0.717, 1.165) is 42.9 Å². The summed E-state index contributed by atoms with van der Waals surface area (Å²) in [6.07, 6.45) is 2.86. The number of nitrogens with zero attached hydrogens (tertiary/aromatic N) is 1. The van der Waals surface area contributed by atoms with E-state index in [1.165, 1.54) is 11.3 Å². The molecule has 0 saturated carbocycles. The van der Waals surface area contributed by atoms with Gasteiger partial charge in [0, 0.05) is 12.5 Å². The number of fused-ring (bicyclic) bond motifs is 1. The van der Waals surface area contributed by atoms with Crippen LogP contribution >= 0.6 is 11.3 Å². The number of anilines is 1. The summed E-state index contributed by atoms with van der Waals surface area (Å²) in [7, 11) is 0. The van der Waals surface area contributed by atoms with E-state index in [9.17, 15) is 9.59 Å². The van der Waals surface area contributed by atoms with Gasteiger partial charge in [-0.3, -0.25) is 14.5 Å². The standard InChI is InChI=1S/C21H25N3O4S/c1-13(20(26)23-21-15(19(22)25)7-11-29-21)24-8-2-4-16(24)14-5-6-17-18(12-14)28-10-3-9-27-17/h5-7,11-13,16H,2-4,8-10H2,1H3,(H2,22,25)(H,23,26). The van der Waals surface area contributed by atoms with Gasteiger partial charge in [-0.2, -0.15) is 0 Å². The highest BCUT2D eigenvalue weighted by molar-refractivity contribution is 7.14. The molecule has 1 aromatic heterocycles. The molecule has 2 atom stereocenters. The van der Waals surface area contributed by atoms with Crippen molar-refractivity contribution in [1.82, 2.24) is 4.90 Å². The first-order valence-corrected chi connectivity index (χ1v) is 10.8. The van der Waals surface area contributed by atoms with Crippen LogP contribution in [0, 0.1) is 0 Å². The summed E-state index contributed by atoms with van der Waals surface area (Å²) in [5, 5.41) is 5.12. The zero-order valence-corrected chi connectivity index (χ0v) is 17.2. The molecule has 3 N–H and O–H groups in total. The van der Waals surface area contributed by atoms with Gasteiger partial charge in [-0.1, -0.05) is 6.07 Å². The molecule has 0 spiro atoms. The fraction of sp³-hybridized carbons (Fsp3) is 0.429. The maximum Gasteiger partial charge on any atom is 0.251 e. The average Bonchev–Trinajstić information content (AvgIpc) is 3.32. The van der Waals surface area contributed by atoms with Gasteiger partial charge in [-0.15, -0.1) is 11.3 Å². The Kier molecular flexibility index (Phi) is 5.73. The van der Waals surface area contributed by atoms with Crippen molar-refractivity contribution >= 4 is 28.2 Å². The van der Waals surface area contributed by atoms with Gasteiger partial charge in [0.15, 0.2) is 11.5 Å². The van der Waals surface area contributed by atoms with E-state index >= 15 is 0 Å². The predicted molar refractivity (Wildman–Crippen MR) is 112 cm³/mol. The third-order valence-corrected chi connectivity index (χ3v) is 6.32. The second-order valence-corrected chi connectivity index (χ2v) is 8.26. The third-order valence-electron chi connectivity index (χ3n) is 5.49. The quantitative estimate of drug-likeness (QED) is 0.782. The molecule has 2 unspecified atom stereocenters. The number of nitrogens with one attached hydrogen (secondary N) is 1. The highest BCUT2D eigenvalue weighted by atomic mass is 32.1. The number of benzene rings is 1. The summed E-state index contributed by atoms with van der Waals surface area (Å²) in [4.78, 5) is 26.6. The fourth-order valence-electron chi connectivity index (χ4n) is 3.96. The van der Waals surface area contributed by atoms with Gasteiger partial charge in [-0.05, 0) is 55.5 Å². The normalized spacial score (nSPS) is 20.1. The minimum atomic E-state index is -0.541. The number of amides is 2. The largest absolute Gasteiger partial charge is 0.490 e. The number of hydrogen-bond acceptors (Lipinski definition) is 6. The third kappa shape index (κ3) is 4.09. The highest BCUT2D eigenvalue weighted by Crippen LogP contribution is 2.39. The summed E-state index contributed by atoms with van der Waals surface area (Å²) in [6, 6.07) is 7.48. The van der Waals surface area contributed by atoms with Crippen molar-refractivity contribution < 1.29 is 19.1 Å². The van der Waals surface area contributed by atoms with Gasteiger partial charge in [0.25, 0.3) is 5.91 Å². The fourth-order valence-corrected chi connectivity index (χ4v) is 4.76. The first kappa shape index (κ1) is 19.7.